The van der Waals surface area contributed by atoms with Crippen LogP contribution in [0.1, 0.15) is 12.0 Å². The molecule has 15 heavy (non-hydrogen) atoms. The molecule has 0 spiro atoms. The summed E-state index contributed by atoms with van der Waals surface area (Å²) in [4.78, 5) is 0. The minimum atomic E-state index is 0.760. The molecule has 0 radical (unpaired) electrons. The normalized spacial score (nSPS) is 10.8. The van der Waals surface area contributed by atoms with Crippen LogP contribution in [0.5, 0.6) is 0 Å². The van der Waals surface area contributed by atoms with Crippen LogP contribution < -0.4 is 5.73 Å². The van der Waals surface area contributed by atoms with Crippen LogP contribution in [0.2, 0.25) is 0 Å². The first-order valence-electron chi connectivity index (χ1n) is 5.18. The topological polar surface area (TPSA) is 26.0 Å². The van der Waals surface area contributed by atoms with E-state index >= 15 is 0 Å². The molecule has 78 valence electrons. The SMILES string of the molecule is NCCCc1ccc2c(Br)cccc2c1. The van der Waals surface area contributed by atoms with Crippen molar-refractivity contribution in [1.82, 2.24) is 0 Å². The number of fused-ring (bicyclic) bond motifs is 1. The highest BCUT2D eigenvalue weighted by Gasteiger charge is 1.99. The molecule has 2 aromatic rings. The molecule has 1 nitrogen and oxygen atoms in total. The second-order valence-corrected chi connectivity index (χ2v) is 4.54. The summed E-state index contributed by atoms with van der Waals surface area (Å²) in [6, 6.07) is 12.9. The summed E-state index contributed by atoms with van der Waals surface area (Å²) in [5.74, 6) is 0. The highest BCUT2D eigenvalue weighted by atomic mass is 79.9. The molecule has 0 unspecified atom stereocenters. The van der Waals surface area contributed by atoms with Gasteiger partial charge in [-0.15, -0.1) is 0 Å². The molecule has 0 aromatic heterocycles. The van der Waals surface area contributed by atoms with Crippen molar-refractivity contribution in [1.29, 1.82) is 0 Å². The lowest BCUT2D eigenvalue weighted by molar-refractivity contribution is 0.833. The minimum Gasteiger partial charge on any atom is -0.330 e. The van der Waals surface area contributed by atoms with Gasteiger partial charge in [0.1, 0.15) is 0 Å². The molecule has 2 rings (SSSR count). The van der Waals surface area contributed by atoms with Gasteiger partial charge in [0.15, 0.2) is 0 Å². The Kier molecular flexibility index (Phi) is 3.39. The van der Waals surface area contributed by atoms with Crippen molar-refractivity contribution in [2.24, 2.45) is 5.73 Å². The number of hydrogen-bond acceptors (Lipinski definition) is 1. The zero-order valence-electron chi connectivity index (χ0n) is 8.54. The van der Waals surface area contributed by atoms with Crippen molar-refractivity contribution < 1.29 is 0 Å². The van der Waals surface area contributed by atoms with Crippen molar-refractivity contribution in [2.75, 3.05) is 6.54 Å². The Labute approximate surface area is 98.4 Å². The van der Waals surface area contributed by atoms with E-state index in [1.165, 1.54) is 16.3 Å². The molecule has 2 aromatic carbocycles. The predicted octanol–water partition coefficient (Wildman–Crippen LogP) is 3.49. The van der Waals surface area contributed by atoms with Gasteiger partial charge in [-0.2, -0.15) is 0 Å². The van der Waals surface area contributed by atoms with Gasteiger partial charge in [-0.3, -0.25) is 0 Å². The maximum atomic E-state index is 5.51. The van der Waals surface area contributed by atoms with Gasteiger partial charge in [0.25, 0.3) is 0 Å². The highest BCUT2D eigenvalue weighted by molar-refractivity contribution is 9.10. The van der Waals surface area contributed by atoms with E-state index in [2.05, 4.69) is 52.3 Å². The highest BCUT2D eigenvalue weighted by Crippen LogP contribution is 2.24. The fraction of sp³-hybridized carbons (Fsp3) is 0.231. The maximum absolute atomic E-state index is 5.51. The van der Waals surface area contributed by atoms with E-state index in [9.17, 15) is 0 Å². The lowest BCUT2D eigenvalue weighted by Crippen LogP contribution is -2.00. The number of benzene rings is 2. The summed E-state index contributed by atoms with van der Waals surface area (Å²) in [5.41, 5.74) is 6.87. The Balaban J connectivity index is 2.39. The average molecular weight is 264 g/mol. The molecule has 0 aliphatic rings. The lowest BCUT2D eigenvalue weighted by atomic mass is 10.0. The summed E-state index contributed by atoms with van der Waals surface area (Å²) in [6.45, 7) is 0.760. The quantitative estimate of drug-likeness (QED) is 0.902. The molecule has 2 heteroatoms. The lowest BCUT2D eigenvalue weighted by Gasteiger charge is -2.04. The van der Waals surface area contributed by atoms with Gasteiger partial charge in [0, 0.05) is 4.47 Å². The minimum absolute atomic E-state index is 0.760. The smallest absolute Gasteiger partial charge is 0.0253 e. The average Bonchev–Trinajstić information content (AvgIpc) is 2.26. The van der Waals surface area contributed by atoms with Gasteiger partial charge in [0.05, 0.1) is 0 Å². The molecule has 0 bridgehead atoms. The van der Waals surface area contributed by atoms with Crippen molar-refractivity contribution in [2.45, 2.75) is 12.8 Å². The van der Waals surface area contributed by atoms with Crippen molar-refractivity contribution in [3.8, 4) is 0 Å². The van der Waals surface area contributed by atoms with Crippen molar-refractivity contribution in [3.63, 3.8) is 0 Å². The molecule has 0 fully saturated rings. The van der Waals surface area contributed by atoms with Gasteiger partial charge in [-0.1, -0.05) is 46.3 Å². The van der Waals surface area contributed by atoms with Crippen LogP contribution in [0.15, 0.2) is 40.9 Å². The number of hydrogen-bond donors (Lipinski definition) is 1. The Bertz CT molecular complexity index is 465. The Morgan fingerprint density at radius 3 is 2.80 bits per heavy atom. The fourth-order valence-electron chi connectivity index (χ4n) is 1.76. The van der Waals surface area contributed by atoms with E-state index in [0.717, 1.165) is 23.9 Å². The first-order chi connectivity index (χ1) is 7.31. The number of halogens is 1. The van der Waals surface area contributed by atoms with Gasteiger partial charge in [-0.25, -0.2) is 0 Å². The summed E-state index contributed by atoms with van der Waals surface area (Å²) in [5, 5.41) is 2.56. The summed E-state index contributed by atoms with van der Waals surface area (Å²) in [6.07, 6.45) is 2.12. The van der Waals surface area contributed by atoms with Crippen LogP contribution in [0.3, 0.4) is 0 Å². The zero-order chi connectivity index (χ0) is 10.7. The standard InChI is InChI=1S/C13H14BrN/c14-13-5-1-4-11-9-10(3-2-8-15)6-7-12(11)13/h1,4-7,9H,2-3,8,15H2. The van der Waals surface area contributed by atoms with Crippen LogP contribution in [0.4, 0.5) is 0 Å². The zero-order valence-corrected chi connectivity index (χ0v) is 10.1. The molecule has 0 aliphatic carbocycles. The Morgan fingerprint density at radius 2 is 2.00 bits per heavy atom. The first kappa shape index (κ1) is 10.7. The molecule has 2 N–H and O–H groups in total. The number of rotatable bonds is 3. The van der Waals surface area contributed by atoms with E-state index in [4.69, 9.17) is 5.73 Å². The monoisotopic (exact) mass is 263 g/mol. The Hall–Kier alpha value is -0.860. The van der Waals surface area contributed by atoms with Crippen LogP contribution in [-0.4, -0.2) is 6.54 Å². The maximum Gasteiger partial charge on any atom is 0.0253 e. The van der Waals surface area contributed by atoms with Crippen molar-refractivity contribution in [3.05, 3.63) is 46.4 Å². The third-order valence-electron chi connectivity index (χ3n) is 2.56. The molecule has 0 saturated heterocycles. The van der Waals surface area contributed by atoms with Gasteiger partial charge in [0.2, 0.25) is 0 Å². The fourth-order valence-corrected chi connectivity index (χ4v) is 2.27. The van der Waals surface area contributed by atoms with E-state index < -0.39 is 0 Å². The molecule has 0 atom stereocenters. The third-order valence-corrected chi connectivity index (χ3v) is 3.25. The van der Waals surface area contributed by atoms with Crippen molar-refractivity contribution >= 4 is 26.7 Å². The molecular weight excluding hydrogens is 250 g/mol. The summed E-state index contributed by atoms with van der Waals surface area (Å²) in [7, 11) is 0. The third kappa shape index (κ3) is 2.39. The number of aryl methyl sites for hydroxylation is 1. The first-order valence-corrected chi connectivity index (χ1v) is 5.98. The largest absolute Gasteiger partial charge is 0.330 e. The van der Waals surface area contributed by atoms with Gasteiger partial charge >= 0.3 is 0 Å². The second-order valence-electron chi connectivity index (χ2n) is 3.69. The van der Waals surface area contributed by atoms with E-state index in [1.54, 1.807) is 0 Å². The molecule has 0 aliphatic heterocycles. The summed E-state index contributed by atoms with van der Waals surface area (Å²) >= 11 is 3.55. The van der Waals surface area contributed by atoms with Gasteiger partial charge < -0.3 is 5.73 Å². The summed E-state index contributed by atoms with van der Waals surface area (Å²) < 4.78 is 1.16. The van der Waals surface area contributed by atoms with Gasteiger partial charge in [-0.05, 0) is 41.8 Å². The van der Waals surface area contributed by atoms with Crippen LogP contribution >= 0.6 is 15.9 Å². The molecule has 0 amide bonds. The predicted molar refractivity (Wildman–Crippen MR) is 69.0 cm³/mol. The number of nitrogens with two attached hydrogens (primary N) is 1. The van der Waals surface area contributed by atoms with Crippen LogP contribution in [-0.2, 0) is 6.42 Å². The molecule has 0 saturated carbocycles. The second kappa shape index (κ2) is 4.77. The van der Waals surface area contributed by atoms with E-state index in [1.807, 2.05) is 0 Å². The van der Waals surface area contributed by atoms with Crippen LogP contribution in [0, 0.1) is 0 Å². The van der Waals surface area contributed by atoms with E-state index in [-0.39, 0.29) is 0 Å². The molecule has 0 heterocycles. The van der Waals surface area contributed by atoms with Crippen LogP contribution in [0.25, 0.3) is 10.8 Å². The van der Waals surface area contributed by atoms with E-state index in [0.29, 0.717) is 0 Å². The Morgan fingerprint density at radius 1 is 1.13 bits per heavy atom. The molecular formula is C13H14BrN.